The van der Waals surface area contributed by atoms with E-state index in [4.69, 9.17) is 20.4 Å². The Balaban J connectivity index is 3.38. The molecule has 1 rings (SSSR count). The van der Waals surface area contributed by atoms with Crippen LogP contribution in [0.5, 0.6) is 11.5 Å². The van der Waals surface area contributed by atoms with Crippen molar-refractivity contribution in [3.63, 3.8) is 0 Å². The van der Waals surface area contributed by atoms with Crippen LogP contribution in [0.1, 0.15) is 11.7 Å². The van der Waals surface area contributed by atoms with Gasteiger partial charge in [-0.2, -0.15) is 0 Å². The van der Waals surface area contributed by atoms with Gasteiger partial charge in [0.15, 0.2) is 29.2 Å². The van der Waals surface area contributed by atoms with Gasteiger partial charge in [0.25, 0.3) is 0 Å². The molecule has 15 heavy (non-hydrogen) atoms. The number of aromatic hydroxyl groups is 2. The highest BCUT2D eigenvalue weighted by atomic mass is 19.1. The van der Waals surface area contributed by atoms with Crippen LogP contribution >= 0.6 is 0 Å². The molecular weight excluding hydrogens is 214 g/mol. The Kier molecular flexibility index (Phi) is 2.76. The van der Waals surface area contributed by atoms with Gasteiger partial charge >= 0.3 is 5.97 Å². The lowest BCUT2D eigenvalue weighted by molar-refractivity contribution is -0.147. The number of carbonyl (C=O) groups is 1. The fourth-order valence-corrected chi connectivity index (χ4v) is 0.954. The summed E-state index contributed by atoms with van der Waals surface area (Å²) < 4.78 is 25.8. The molecule has 0 radical (unpaired) electrons. The second kappa shape index (κ2) is 3.70. The molecule has 1 atom stereocenters. The molecule has 0 aliphatic carbocycles. The Morgan fingerprint density at radius 1 is 1.27 bits per heavy atom. The van der Waals surface area contributed by atoms with Crippen molar-refractivity contribution in [1.82, 2.24) is 0 Å². The van der Waals surface area contributed by atoms with Crippen molar-refractivity contribution < 1.29 is 34.0 Å². The fraction of sp³-hybridized carbons (Fsp3) is 0.125. The van der Waals surface area contributed by atoms with Crippen LogP contribution in [0.4, 0.5) is 8.78 Å². The van der Waals surface area contributed by atoms with E-state index in [2.05, 4.69) is 0 Å². The number of aliphatic hydroxyl groups excluding tert-OH is 1. The van der Waals surface area contributed by atoms with Gasteiger partial charge in [0.1, 0.15) is 0 Å². The summed E-state index contributed by atoms with van der Waals surface area (Å²) in [7, 11) is 0. The van der Waals surface area contributed by atoms with Crippen LogP contribution < -0.4 is 0 Å². The van der Waals surface area contributed by atoms with Crippen molar-refractivity contribution >= 4 is 5.97 Å². The molecule has 0 aliphatic rings. The van der Waals surface area contributed by atoms with Crippen molar-refractivity contribution in [3.8, 4) is 11.5 Å². The van der Waals surface area contributed by atoms with E-state index in [9.17, 15) is 13.6 Å². The van der Waals surface area contributed by atoms with Gasteiger partial charge in [-0.3, -0.25) is 0 Å². The standard InChI is InChI=1S/C8H6F2O5/c9-3-1-2(5(11)8(14)15)4(10)7(13)6(3)12/h1,5,11-13H,(H,14,15). The summed E-state index contributed by atoms with van der Waals surface area (Å²) in [5, 5.41) is 34.8. The summed E-state index contributed by atoms with van der Waals surface area (Å²) >= 11 is 0. The summed E-state index contributed by atoms with van der Waals surface area (Å²) in [5.41, 5.74) is -0.963. The van der Waals surface area contributed by atoms with Crippen LogP contribution in [0.3, 0.4) is 0 Å². The number of aliphatic hydroxyl groups is 1. The Morgan fingerprint density at radius 2 is 1.80 bits per heavy atom. The van der Waals surface area contributed by atoms with Gasteiger partial charge in [-0.1, -0.05) is 0 Å². The van der Waals surface area contributed by atoms with Crippen LogP contribution in [0, 0.1) is 11.6 Å². The highest BCUT2D eigenvalue weighted by molar-refractivity contribution is 5.74. The summed E-state index contributed by atoms with van der Waals surface area (Å²) in [6.45, 7) is 0. The fourth-order valence-electron chi connectivity index (χ4n) is 0.954. The Morgan fingerprint density at radius 3 is 2.27 bits per heavy atom. The minimum absolute atomic E-state index is 0.295. The van der Waals surface area contributed by atoms with E-state index in [1.807, 2.05) is 0 Å². The molecule has 0 aliphatic heterocycles. The van der Waals surface area contributed by atoms with Crippen LogP contribution in [0.2, 0.25) is 0 Å². The minimum atomic E-state index is -2.31. The molecule has 5 nitrogen and oxygen atoms in total. The van der Waals surface area contributed by atoms with Crippen LogP contribution in [0.25, 0.3) is 0 Å². The van der Waals surface area contributed by atoms with Crippen molar-refractivity contribution in [2.75, 3.05) is 0 Å². The zero-order chi connectivity index (χ0) is 11.7. The lowest BCUT2D eigenvalue weighted by Crippen LogP contribution is -2.12. The first-order valence-corrected chi connectivity index (χ1v) is 3.67. The van der Waals surface area contributed by atoms with E-state index in [1.54, 1.807) is 0 Å². The maximum atomic E-state index is 13.1. The van der Waals surface area contributed by atoms with Crippen molar-refractivity contribution in [3.05, 3.63) is 23.3 Å². The molecule has 0 aromatic heterocycles. The second-order valence-electron chi connectivity index (χ2n) is 2.70. The van der Waals surface area contributed by atoms with E-state index < -0.39 is 40.8 Å². The molecule has 1 unspecified atom stereocenters. The van der Waals surface area contributed by atoms with Gasteiger partial charge in [-0.15, -0.1) is 0 Å². The van der Waals surface area contributed by atoms with Gasteiger partial charge in [0, 0.05) is 5.56 Å². The van der Waals surface area contributed by atoms with Gasteiger partial charge in [0.2, 0.25) is 0 Å². The molecule has 0 spiro atoms. The second-order valence-corrected chi connectivity index (χ2v) is 2.70. The molecule has 4 N–H and O–H groups in total. The van der Waals surface area contributed by atoms with E-state index in [0.29, 0.717) is 6.07 Å². The summed E-state index contributed by atoms with van der Waals surface area (Å²) in [5.74, 6) is -7.59. The Hall–Kier alpha value is -1.89. The molecule has 1 aromatic carbocycles. The first-order valence-electron chi connectivity index (χ1n) is 3.67. The maximum absolute atomic E-state index is 13.1. The molecule has 7 heteroatoms. The molecule has 0 amide bonds. The first-order chi connectivity index (χ1) is 6.86. The quantitative estimate of drug-likeness (QED) is 0.544. The summed E-state index contributed by atoms with van der Waals surface area (Å²) in [4.78, 5) is 10.3. The molecule has 0 fully saturated rings. The van der Waals surface area contributed by atoms with E-state index in [1.165, 1.54) is 0 Å². The molecule has 0 saturated heterocycles. The number of benzene rings is 1. The predicted octanol–water partition coefficient (Wildman–Crippen LogP) is 0.494. The number of hydrogen-bond donors (Lipinski definition) is 4. The zero-order valence-corrected chi connectivity index (χ0v) is 7.11. The lowest BCUT2D eigenvalue weighted by Gasteiger charge is -2.09. The van der Waals surface area contributed by atoms with Gasteiger partial charge in [0.05, 0.1) is 0 Å². The normalized spacial score (nSPS) is 12.5. The molecular formula is C8H6F2O5. The molecule has 0 bridgehead atoms. The average Bonchev–Trinajstić information content (AvgIpc) is 2.19. The lowest BCUT2D eigenvalue weighted by atomic mass is 10.1. The largest absolute Gasteiger partial charge is 0.502 e. The Bertz CT molecular complexity index is 418. The van der Waals surface area contributed by atoms with Crippen molar-refractivity contribution in [1.29, 1.82) is 0 Å². The third-order valence-corrected chi connectivity index (χ3v) is 1.72. The molecule has 0 heterocycles. The monoisotopic (exact) mass is 220 g/mol. The van der Waals surface area contributed by atoms with Crippen LogP contribution in [-0.2, 0) is 4.79 Å². The number of halogens is 2. The summed E-state index contributed by atoms with van der Waals surface area (Å²) in [6, 6.07) is 0.295. The number of phenols is 2. The number of aliphatic carboxylic acids is 1. The van der Waals surface area contributed by atoms with E-state index in [-0.39, 0.29) is 0 Å². The summed E-state index contributed by atoms with van der Waals surface area (Å²) in [6.07, 6.45) is -2.31. The number of hydrogen-bond acceptors (Lipinski definition) is 4. The van der Waals surface area contributed by atoms with Crippen molar-refractivity contribution in [2.24, 2.45) is 0 Å². The average molecular weight is 220 g/mol. The number of carboxylic acid groups (broad SMARTS) is 1. The Labute approximate surface area is 81.8 Å². The van der Waals surface area contributed by atoms with Gasteiger partial charge < -0.3 is 20.4 Å². The van der Waals surface area contributed by atoms with E-state index >= 15 is 0 Å². The molecule has 0 saturated carbocycles. The third kappa shape index (κ3) is 1.82. The number of phenolic OH excluding ortho intramolecular Hbond substituents is 2. The van der Waals surface area contributed by atoms with Gasteiger partial charge in [-0.05, 0) is 6.07 Å². The highest BCUT2D eigenvalue weighted by Crippen LogP contribution is 2.35. The zero-order valence-electron chi connectivity index (χ0n) is 7.11. The number of carboxylic acids is 1. The van der Waals surface area contributed by atoms with E-state index in [0.717, 1.165) is 0 Å². The molecule has 82 valence electrons. The predicted molar refractivity (Wildman–Crippen MR) is 42.3 cm³/mol. The van der Waals surface area contributed by atoms with Crippen molar-refractivity contribution in [2.45, 2.75) is 6.10 Å². The van der Waals surface area contributed by atoms with Crippen LogP contribution in [0.15, 0.2) is 6.07 Å². The van der Waals surface area contributed by atoms with Gasteiger partial charge in [-0.25, -0.2) is 13.6 Å². The maximum Gasteiger partial charge on any atom is 0.337 e. The SMILES string of the molecule is O=C(O)C(O)c1cc(F)c(O)c(O)c1F. The minimum Gasteiger partial charge on any atom is -0.502 e. The van der Waals surface area contributed by atoms with Crippen LogP contribution in [-0.4, -0.2) is 26.4 Å². The highest BCUT2D eigenvalue weighted by Gasteiger charge is 2.26. The topological polar surface area (TPSA) is 98.0 Å². The third-order valence-electron chi connectivity index (χ3n) is 1.72. The molecule has 1 aromatic rings. The first kappa shape index (κ1) is 11.2. The smallest absolute Gasteiger partial charge is 0.337 e. The number of rotatable bonds is 2.